The molecule has 5 nitrogen and oxygen atoms in total. The van der Waals surface area contributed by atoms with Gasteiger partial charge in [0.25, 0.3) is 0 Å². The van der Waals surface area contributed by atoms with E-state index in [0.29, 0.717) is 19.1 Å². The standard InChI is InChI=1S/C16H18N2O3/c1-11(18-13-4-3-7-17-16(13)19-2)12-5-6-14-15(10-12)21-9-8-20-14/h3-7,10-11,18H,8-9H2,1-2H3. The lowest BCUT2D eigenvalue weighted by atomic mass is 10.1. The van der Waals surface area contributed by atoms with Crippen molar-refractivity contribution in [2.24, 2.45) is 0 Å². The second-order valence-corrected chi connectivity index (χ2v) is 4.83. The van der Waals surface area contributed by atoms with Crippen LogP contribution in [0, 0.1) is 0 Å². The zero-order valence-corrected chi connectivity index (χ0v) is 12.1. The molecule has 0 bridgehead atoms. The molecule has 1 aromatic carbocycles. The Morgan fingerprint density at radius 2 is 2.00 bits per heavy atom. The van der Waals surface area contributed by atoms with Gasteiger partial charge in [0.2, 0.25) is 5.88 Å². The summed E-state index contributed by atoms with van der Waals surface area (Å²) in [6.45, 7) is 3.28. The molecule has 2 aromatic rings. The van der Waals surface area contributed by atoms with Crippen LogP contribution in [-0.4, -0.2) is 25.3 Å². The number of fused-ring (bicyclic) bond motifs is 1. The van der Waals surface area contributed by atoms with Gasteiger partial charge in [0.15, 0.2) is 11.5 Å². The van der Waals surface area contributed by atoms with Crippen LogP contribution < -0.4 is 19.5 Å². The molecule has 0 spiro atoms. The Labute approximate surface area is 123 Å². The monoisotopic (exact) mass is 286 g/mol. The molecular formula is C16H18N2O3. The summed E-state index contributed by atoms with van der Waals surface area (Å²) in [5.41, 5.74) is 1.98. The van der Waals surface area contributed by atoms with Crippen molar-refractivity contribution in [1.29, 1.82) is 0 Å². The first-order valence-electron chi connectivity index (χ1n) is 6.93. The van der Waals surface area contributed by atoms with Crippen LogP contribution in [-0.2, 0) is 0 Å². The van der Waals surface area contributed by atoms with Crippen molar-refractivity contribution in [3.05, 3.63) is 42.1 Å². The predicted octanol–water partition coefficient (Wildman–Crippen LogP) is 3.03. The third-order valence-corrected chi connectivity index (χ3v) is 3.40. The van der Waals surface area contributed by atoms with Crippen molar-refractivity contribution in [2.75, 3.05) is 25.6 Å². The predicted molar refractivity (Wildman–Crippen MR) is 80.3 cm³/mol. The molecule has 0 saturated heterocycles. The largest absolute Gasteiger partial charge is 0.486 e. The van der Waals surface area contributed by atoms with Crippen molar-refractivity contribution in [3.63, 3.8) is 0 Å². The molecule has 1 unspecified atom stereocenters. The van der Waals surface area contributed by atoms with Crippen LogP contribution in [0.15, 0.2) is 36.5 Å². The number of anilines is 1. The fraction of sp³-hybridized carbons (Fsp3) is 0.312. The Bertz CT molecular complexity index is 631. The van der Waals surface area contributed by atoms with Gasteiger partial charge in [-0.3, -0.25) is 0 Å². The van der Waals surface area contributed by atoms with E-state index in [9.17, 15) is 0 Å². The summed E-state index contributed by atoms with van der Waals surface area (Å²) in [7, 11) is 1.61. The minimum atomic E-state index is 0.0962. The number of nitrogens with one attached hydrogen (secondary N) is 1. The molecule has 1 atom stereocenters. The summed E-state index contributed by atoms with van der Waals surface area (Å²) in [5, 5.41) is 3.40. The molecule has 3 rings (SSSR count). The molecule has 0 amide bonds. The highest BCUT2D eigenvalue weighted by atomic mass is 16.6. The number of rotatable bonds is 4. The summed E-state index contributed by atoms with van der Waals surface area (Å²) in [6.07, 6.45) is 1.71. The zero-order valence-electron chi connectivity index (χ0n) is 12.1. The minimum Gasteiger partial charge on any atom is -0.486 e. The molecular weight excluding hydrogens is 268 g/mol. The molecule has 1 aliphatic rings. The van der Waals surface area contributed by atoms with Gasteiger partial charge < -0.3 is 19.5 Å². The number of methoxy groups -OCH3 is 1. The van der Waals surface area contributed by atoms with Crippen molar-refractivity contribution in [2.45, 2.75) is 13.0 Å². The zero-order chi connectivity index (χ0) is 14.7. The van der Waals surface area contributed by atoms with Gasteiger partial charge in [-0.15, -0.1) is 0 Å². The highest BCUT2D eigenvalue weighted by Crippen LogP contribution is 2.34. The SMILES string of the molecule is COc1ncccc1NC(C)c1ccc2c(c1)OCCO2. The average Bonchev–Trinajstić information content (AvgIpc) is 2.55. The van der Waals surface area contributed by atoms with E-state index in [4.69, 9.17) is 14.2 Å². The van der Waals surface area contributed by atoms with Crippen LogP contribution in [0.3, 0.4) is 0 Å². The first kappa shape index (κ1) is 13.5. The van der Waals surface area contributed by atoms with Gasteiger partial charge in [0, 0.05) is 12.2 Å². The van der Waals surface area contributed by atoms with Crippen LogP contribution in [0.2, 0.25) is 0 Å². The lowest BCUT2D eigenvalue weighted by Gasteiger charge is -2.22. The Morgan fingerprint density at radius 3 is 2.81 bits per heavy atom. The normalized spacial score (nSPS) is 14.4. The topological polar surface area (TPSA) is 52.6 Å². The molecule has 0 aliphatic carbocycles. The molecule has 5 heteroatoms. The fourth-order valence-corrected chi connectivity index (χ4v) is 2.31. The highest BCUT2D eigenvalue weighted by Gasteiger charge is 2.15. The number of hydrogen-bond acceptors (Lipinski definition) is 5. The maximum absolute atomic E-state index is 5.62. The third kappa shape index (κ3) is 2.86. The second kappa shape index (κ2) is 5.91. The van der Waals surface area contributed by atoms with Crippen LogP contribution in [0.25, 0.3) is 0 Å². The number of nitrogens with zero attached hydrogens (tertiary/aromatic N) is 1. The Hall–Kier alpha value is -2.43. The summed E-state index contributed by atoms with van der Waals surface area (Å²) < 4.78 is 16.4. The third-order valence-electron chi connectivity index (χ3n) is 3.40. The number of benzene rings is 1. The summed E-state index contributed by atoms with van der Waals surface area (Å²) in [4.78, 5) is 4.18. The maximum atomic E-state index is 5.62. The van der Waals surface area contributed by atoms with Crippen LogP contribution >= 0.6 is 0 Å². The molecule has 21 heavy (non-hydrogen) atoms. The van der Waals surface area contributed by atoms with Crippen molar-refractivity contribution < 1.29 is 14.2 Å². The molecule has 0 radical (unpaired) electrons. The van der Waals surface area contributed by atoms with Crippen molar-refractivity contribution >= 4 is 5.69 Å². The van der Waals surface area contributed by atoms with E-state index in [-0.39, 0.29) is 6.04 Å². The first-order chi connectivity index (χ1) is 10.3. The maximum Gasteiger partial charge on any atom is 0.237 e. The van der Waals surface area contributed by atoms with E-state index in [1.807, 2.05) is 30.3 Å². The molecule has 0 fully saturated rings. The van der Waals surface area contributed by atoms with Crippen molar-refractivity contribution in [3.8, 4) is 17.4 Å². The molecule has 1 N–H and O–H groups in total. The molecule has 110 valence electrons. The van der Waals surface area contributed by atoms with E-state index in [1.54, 1.807) is 13.3 Å². The Morgan fingerprint density at radius 1 is 1.19 bits per heavy atom. The second-order valence-electron chi connectivity index (χ2n) is 4.83. The minimum absolute atomic E-state index is 0.0962. The summed E-state index contributed by atoms with van der Waals surface area (Å²) in [6, 6.07) is 9.91. The number of ether oxygens (including phenoxy) is 3. The molecule has 0 saturated carbocycles. The summed E-state index contributed by atoms with van der Waals surface area (Å²) >= 11 is 0. The lowest BCUT2D eigenvalue weighted by molar-refractivity contribution is 0.171. The van der Waals surface area contributed by atoms with E-state index in [2.05, 4.69) is 17.2 Å². The van der Waals surface area contributed by atoms with Crippen LogP contribution in [0.5, 0.6) is 17.4 Å². The number of pyridine rings is 1. The van der Waals surface area contributed by atoms with Crippen LogP contribution in [0.4, 0.5) is 5.69 Å². The smallest absolute Gasteiger partial charge is 0.237 e. The first-order valence-corrected chi connectivity index (χ1v) is 6.93. The van der Waals surface area contributed by atoms with E-state index >= 15 is 0 Å². The van der Waals surface area contributed by atoms with Gasteiger partial charge in [0.1, 0.15) is 13.2 Å². The molecule has 1 aliphatic heterocycles. The number of hydrogen-bond donors (Lipinski definition) is 1. The molecule has 2 heterocycles. The van der Waals surface area contributed by atoms with E-state index < -0.39 is 0 Å². The van der Waals surface area contributed by atoms with Gasteiger partial charge >= 0.3 is 0 Å². The average molecular weight is 286 g/mol. The van der Waals surface area contributed by atoms with E-state index in [1.165, 1.54) is 0 Å². The Balaban J connectivity index is 1.80. The van der Waals surface area contributed by atoms with Gasteiger partial charge in [-0.05, 0) is 36.8 Å². The van der Waals surface area contributed by atoms with Gasteiger partial charge in [0.05, 0.1) is 12.8 Å². The summed E-state index contributed by atoms with van der Waals surface area (Å²) in [5.74, 6) is 2.18. The van der Waals surface area contributed by atoms with Crippen molar-refractivity contribution in [1.82, 2.24) is 4.98 Å². The highest BCUT2D eigenvalue weighted by molar-refractivity contribution is 5.54. The Kier molecular flexibility index (Phi) is 3.81. The van der Waals surface area contributed by atoms with E-state index in [0.717, 1.165) is 22.7 Å². The van der Waals surface area contributed by atoms with Gasteiger partial charge in [-0.2, -0.15) is 0 Å². The number of aromatic nitrogens is 1. The van der Waals surface area contributed by atoms with Gasteiger partial charge in [-0.1, -0.05) is 6.07 Å². The fourth-order valence-electron chi connectivity index (χ4n) is 2.31. The lowest BCUT2D eigenvalue weighted by Crippen LogP contribution is -2.16. The quantitative estimate of drug-likeness (QED) is 0.936. The molecule has 1 aromatic heterocycles. The van der Waals surface area contributed by atoms with Gasteiger partial charge in [-0.25, -0.2) is 4.98 Å². The van der Waals surface area contributed by atoms with Crippen LogP contribution in [0.1, 0.15) is 18.5 Å².